The van der Waals surface area contributed by atoms with Crippen molar-refractivity contribution in [1.29, 1.82) is 0 Å². The van der Waals surface area contributed by atoms with Gasteiger partial charge in [-0.25, -0.2) is 4.57 Å². The molecule has 5 heterocycles. The van der Waals surface area contributed by atoms with Crippen LogP contribution in [0.1, 0.15) is 30.8 Å². The van der Waals surface area contributed by atoms with Gasteiger partial charge in [0.2, 0.25) is 5.69 Å². The largest absolute Gasteiger partial charge is 0.347 e. The zero-order chi connectivity index (χ0) is 24.5. The fourth-order valence-corrected chi connectivity index (χ4v) is 8.50. The third kappa shape index (κ3) is 2.20. The van der Waals surface area contributed by atoms with Crippen LogP contribution in [0.2, 0.25) is 0 Å². The van der Waals surface area contributed by atoms with Gasteiger partial charge in [0.1, 0.15) is 0 Å². The number of hydrogen-bond acceptors (Lipinski definition) is 1. The zero-order valence-electron chi connectivity index (χ0n) is 20.8. The SMILES string of the molecule is CC(C)Cn1c2[n+]3c4c(cccc41)Sc1c-3c(cc3ccccc13)C21c2ccccc2-c2cccc[n+]21. The number of pyridine rings is 1. The van der Waals surface area contributed by atoms with Crippen molar-refractivity contribution in [3.8, 4) is 16.9 Å². The lowest BCUT2D eigenvalue weighted by Gasteiger charge is -2.21. The van der Waals surface area contributed by atoms with E-state index in [9.17, 15) is 0 Å². The Labute approximate surface area is 219 Å². The van der Waals surface area contributed by atoms with Crippen LogP contribution < -0.4 is 9.13 Å². The van der Waals surface area contributed by atoms with Gasteiger partial charge < -0.3 is 0 Å². The van der Waals surface area contributed by atoms with Crippen LogP contribution in [0.3, 0.4) is 0 Å². The molecular formula is C33H25N3S+2. The van der Waals surface area contributed by atoms with E-state index in [1.165, 1.54) is 65.5 Å². The lowest BCUT2D eigenvalue weighted by molar-refractivity contribution is -0.733. The Balaban J connectivity index is 1.60. The van der Waals surface area contributed by atoms with E-state index in [-0.39, 0.29) is 0 Å². The number of benzene rings is 4. The molecule has 2 aromatic heterocycles. The zero-order valence-corrected chi connectivity index (χ0v) is 21.6. The number of fused-ring (bicyclic) bond motifs is 9. The second kappa shape index (κ2) is 6.70. The Morgan fingerprint density at radius 1 is 0.865 bits per heavy atom. The van der Waals surface area contributed by atoms with E-state index in [4.69, 9.17) is 0 Å². The fourth-order valence-electron chi connectivity index (χ4n) is 7.25. The first-order valence-electron chi connectivity index (χ1n) is 13.1. The van der Waals surface area contributed by atoms with Crippen LogP contribution in [-0.2, 0) is 12.1 Å². The first-order valence-corrected chi connectivity index (χ1v) is 13.9. The molecular weight excluding hydrogens is 470 g/mol. The topological polar surface area (TPSA) is 12.7 Å². The maximum Gasteiger partial charge on any atom is 0.347 e. The van der Waals surface area contributed by atoms with Crippen LogP contribution in [0.15, 0.2) is 107 Å². The van der Waals surface area contributed by atoms with E-state index in [2.05, 4.69) is 125 Å². The van der Waals surface area contributed by atoms with Gasteiger partial charge in [0.15, 0.2) is 22.9 Å². The van der Waals surface area contributed by atoms with Gasteiger partial charge in [-0.2, -0.15) is 9.13 Å². The summed E-state index contributed by atoms with van der Waals surface area (Å²) in [5.41, 5.74) is 8.98. The van der Waals surface area contributed by atoms with Crippen molar-refractivity contribution in [3.63, 3.8) is 0 Å². The van der Waals surface area contributed by atoms with Gasteiger partial charge in [-0.15, -0.1) is 0 Å². The van der Waals surface area contributed by atoms with E-state index in [1.807, 2.05) is 11.8 Å². The molecule has 0 aliphatic carbocycles. The molecule has 1 spiro atoms. The molecule has 0 amide bonds. The summed E-state index contributed by atoms with van der Waals surface area (Å²) in [4.78, 5) is 2.72. The van der Waals surface area contributed by atoms with Crippen molar-refractivity contribution in [2.45, 2.75) is 35.7 Å². The summed E-state index contributed by atoms with van der Waals surface area (Å²) in [6, 6.07) is 34.0. The summed E-state index contributed by atoms with van der Waals surface area (Å²) in [5, 5.41) is 2.65. The van der Waals surface area contributed by atoms with Crippen LogP contribution in [0, 0.1) is 5.92 Å². The molecule has 37 heavy (non-hydrogen) atoms. The molecule has 3 aliphatic heterocycles. The molecule has 1 atom stereocenters. The van der Waals surface area contributed by atoms with Crippen molar-refractivity contribution in [1.82, 2.24) is 4.57 Å². The second-order valence-electron chi connectivity index (χ2n) is 10.9. The van der Waals surface area contributed by atoms with Crippen LogP contribution in [0.25, 0.3) is 38.8 Å². The molecule has 6 aromatic rings. The van der Waals surface area contributed by atoms with E-state index in [1.54, 1.807) is 0 Å². The minimum atomic E-state index is -0.433. The number of rotatable bonds is 2. The summed E-state index contributed by atoms with van der Waals surface area (Å²) in [6.07, 6.45) is 2.30. The second-order valence-corrected chi connectivity index (χ2v) is 12.0. The highest BCUT2D eigenvalue weighted by molar-refractivity contribution is 8.00. The van der Waals surface area contributed by atoms with Gasteiger partial charge >= 0.3 is 11.4 Å². The molecule has 176 valence electrons. The fraction of sp³-hybridized carbons (Fsp3) is 0.152. The van der Waals surface area contributed by atoms with Crippen molar-refractivity contribution >= 4 is 33.6 Å². The van der Waals surface area contributed by atoms with Crippen LogP contribution in [-0.4, -0.2) is 4.57 Å². The highest BCUT2D eigenvalue weighted by Gasteiger charge is 2.68. The van der Waals surface area contributed by atoms with Gasteiger partial charge in [0.25, 0.3) is 0 Å². The molecule has 3 nitrogen and oxygen atoms in total. The van der Waals surface area contributed by atoms with E-state index < -0.39 is 5.54 Å². The maximum atomic E-state index is 2.63. The predicted molar refractivity (Wildman–Crippen MR) is 147 cm³/mol. The van der Waals surface area contributed by atoms with Gasteiger partial charge in [0.05, 0.1) is 33.0 Å². The average molecular weight is 496 g/mol. The first-order chi connectivity index (χ1) is 18.2. The average Bonchev–Trinajstić information content (AvgIpc) is 3.51. The van der Waals surface area contributed by atoms with Crippen molar-refractivity contribution < 1.29 is 9.13 Å². The molecule has 0 radical (unpaired) electrons. The van der Waals surface area contributed by atoms with Gasteiger partial charge in [-0.3, -0.25) is 0 Å². The molecule has 0 saturated heterocycles. The number of imidazole rings is 1. The van der Waals surface area contributed by atoms with E-state index in [0.717, 1.165) is 6.54 Å². The smallest absolute Gasteiger partial charge is 0.220 e. The number of para-hydroxylation sites is 1. The Kier molecular flexibility index (Phi) is 3.66. The molecule has 4 heteroatoms. The molecule has 4 aromatic carbocycles. The maximum absolute atomic E-state index is 2.63. The summed E-state index contributed by atoms with van der Waals surface area (Å²) < 4.78 is 7.82. The van der Waals surface area contributed by atoms with Crippen LogP contribution >= 0.6 is 11.8 Å². The van der Waals surface area contributed by atoms with Crippen molar-refractivity contribution in [2.75, 3.05) is 0 Å². The highest BCUT2D eigenvalue weighted by Crippen LogP contribution is 2.56. The summed E-state index contributed by atoms with van der Waals surface area (Å²) in [6.45, 7) is 5.64. The van der Waals surface area contributed by atoms with Crippen molar-refractivity contribution in [3.05, 3.63) is 114 Å². The molecule has 0 saturated carbocycles. The number of hydrogen-bond donors (Lipinski definition) is 0. The lowest BCUT2D eigenvalue weighted by Crippen LogP contribution is -2.57. The standard InChI is InChI=1S/C33H25N3S/c1-20(2)19-34-27-15-9-16-28-30(27)36-29-25(18-21-10-3-4-11-22(21)31(29)37-28)33(32(34)36)24-13-6-5-12-23(24)26-14-7-8-17-35(26)33/h3-18,20H,19H2,1-2H3/q+2. The van der Waals surface area contributed by atoms with Crippen LogP contribution in [0.4, 0.5) is 0 Å². The predicted octanol–water partition coefficient (Wildman–Crippen LogP) is 6.61. The molecule has 3 aliphatic rings. The molecule has 0 fully saturated rings. The van der Waals surface area contributed by atoms with Gasteiger partial charge in [0, 0.05) is 12.1 Å². The third-order valence-corrected chi connectivity index (χ3v) is 9.61. The molecule has 0 N–H and O–H groups in total. The molecule has 0 bridgehead atoms. The van der Waals surface area contributed by atoms with E-state index in [0.29, 0.717) is 5.92 Å². The van der Waals surface area contributed by atoms with Crippen LogP contribution in [0.5, 0.6) is 0 Å². The minimum Gasteiger partial charge on any atom is -0.220 e. The van der Waals surface area contributed by atoms with Gasteiger partial charge in [-0.05, 0) is 47.0 Å². The number of nitrogens with zero attached hydrogens (tertiary/aromatic N) is 3. The van der Waals surface area contributed by atoms with E-state index >= 15 is 0 Å². The highest BCUT2D eigenvalue weighted by atomic mass is 32.2. The first kappa shape index (κ1) is 20.2. The molecule has 1 unspecified atom stereocenters. The molecule has 9 rings (SSSR count). The number of aromatic nitrogens is 3. The van der Waals surface area contributed by atoms with Gasteiger partial charge in [-0.1, -0.05) is 74.1 Å². The monoisotopic (exact) mass is 495 g/mol. The Hall–Kier alpha value is -3.89. The summed E-state index contributed by atoms with van der Waals surface area (Å²) >= 11 is 1.95. The summed E-state index contributed by atoms with van der Waals surface area (Å²) in [5.74, 6) is 1.88. The Morgan fingerprint density at radius 3 is 2.62 bits per heavy atom. The normalized spacial score (nSPS) is 17.8. The quantitative estimate of drug-likeness (QED) is 0.246. The summed E-state index contributed by atoms with van der Waals surface area (Å²) in [7, 11) is 0. The lowest BCUT2D eigenvalue weighted by atomic mass is 9.82. The van der Waals surface area contributed by atoms with Crippen molar-refractivity contribution in [2.24, 2.45) is 5.92 Å². The minimum absolute atomic E-state index is 0.433. The third-order valence-electron chi connectivity index (χ3n) is 8.45. The Morgan fingerprint density at radius 2 is 1.70 bits per heavy atom. The Bertz CT molecular complexity index is 1930.